The molecule has 0 saturated carbocycles. The molecule has 0 atom stereocenters. The van der Waals surface area contributed by atoms with Crippen LogP contribution < -0.4 is 18.9 Å². The zero-order valence-electron chi connectivity index (χ0n) is 19.9. The van der Waals surface area contributed by atoms with Crippen LogP contribution in [0.1, 0.15) is 12.0 Å². The summed E-state index contributed by atoms with van der Waals surface area (Å²) in [5.74, 6) is 3.49. The highest BCUT2D eigenvalue weighted by atomic mass is 16.5. The second-order valence-electron chi connectivity index (χ2n) is 7.79. The SMILES string of the molecule is C=CCc1ccccc1OCCCn1c(-c2cc(OC)c(OC)c(OC)c2)nc2ccccc21. The normalized spacial score (nSPS) is 10.8. The van der Waals surface area contributed by atoms with Crippen LogP contribution in [0.4, 0.5) is 0 Å². The zero-order valence-corrected chi connectivity index (χ0v) is 19.9. The summed E-state index contributed by atoms with van der Waals surface area (Å²) in [5, 5.41) is 0. The molecule has 34 heavy (non-hydrogen) atoms. The van der Waals surface area contributed by atoms with Gasteiger partial charge in [-0.2, -0.15) is 0 Å². The second kappa shape index (κ2) is 10.8. The lowest BCUT2D eigenvalue weighted by Crippen LogP contribution is -2.07. The number of hydrogen-bond donors (Lipinski definition) is 0. The van der Waals surface area contributed by atoms with E-state index in [9.17, 15) is 0 Å². The van der Waals surface area contributed by atoms with Crippen LogP contribution in [0.25, 0.3) is 22.4 Å². The maximum Gasteiger partial charge on any atom is 0.203 e. The van der Waals surface area contributed by atoms with Crippen LogP contribution >= 0.6 is 0 Å². The first-order chi connectivity index (χ1) is 16.7. The lowest BCUT2D eigenvalue weighted by Gasteiger charge is -2.15. The van der Waals surface area contributed by atoms with Crippen molar-refractivity contribution in [2.75, 3.05) is 27.9 Å². The number of fused-ring (bicyclic) bond motifs is 1. The van der Waals surface area contributed by atoms with Crippen LogP contribution in [0.3, 0.4) is 0 Å². The molecule has 6 heteroatoms. The predicted molar refractivity (Wildman–Crippen MR) is 135 cm³/mol. The maximum absolute atomic E-state index is 6.11. The van der Waals surface area contributed by atoms with Crippen LogP contribution in [-0.2, 0) is 13.0 Å². The van der Waals surface area contributed by atoms with Crippen LogP contribution in [0.15, 0.2) is 73.3 Å². The highest BCUT2D eigenvalue weighted by Gasteiger charge is 2.18. The Kier molecular flexibility index (Phi) is 7.38. The monoisotopic (exact) mass is 458 g/mol. The van der Waals surface area contributed by atoms with E-state index in [4.69, 9.17) is 23.9 Å². The van der Waals surface area contributed by atoms with Crippen molar-refractivity contribution in [1.29, 1.82) is 0 Å². The molecule has 1 aromatic heterocycles. The molecule has 4 rings (SSSR count). The van der Waals surface area contributed by atoms with E-state index < -0.39 is 0 Å². The molecular formula is C28H30N2O4. The summed E-state index contributed by atoms with van der Waals surface area (Å²) in [6, 6.07) is 20.1. The van der Waals surface area contributed by atoms with Gasteiger partial charge in [-0.3, -0.25) is 0 Å². The van der Waals surface area contributed by atoms with Gasteiger partial charge in [0.2, 0.25) is 5.75 Å². The Morgan fingerprint density at radius 3 is 2.29 bits per heavy atom. The first-order valence-electron chi connectivity index (χ1n) is 11.3. The van der Waals surface area contributed by atoms with Crippen molar-refractivity contribution >= 4 is 11.0 Å². The van der Waals surface area contributed by atoms with Gasteiger partial charge in [0.15, 0.2) is 11.5 Å². The number of aromatic nitrogens is 2. The number of hydrogen-bond acceptors (Lipinski definition) is 5. The summed E-state index contributed by atoms with van der Waals surface area (Å²) in [4.78, 5) is 4.92. The van der Waals surface area contributed by atoms with Gasteiger partial charge in [-0.15, -0.1) is 6.58 Å². The number of rotatable bonds is 11. The third kappa shape index (κ3) is 4.71. The van der Waals surface area contributed by atoms with E-state index in [1.807, 2.05) is 54.6 Å². The molecule has 0 bridgehead atoms. The van der Waals surface area contributed by atoms with E-state index in [0.717, 1.165) is 53.1 Å². The van der Waals surface area contributed by atoms with Gasteiger partial charge in [-0.05, 0) is 48.7 Å². The van der Waals surface area contributed by atoms with Gasteiger partial charge in [-0.25, -0.2) is 4.98 Å². The van der Waals surface area contributed by atoms with Gasteiger partial charge < -0.3 is 23.5 Å². The molecular weight excluding hydrogens is 428 g/mol. The fourth-order valence-electron chi connectivity index (χ4n) is 4.11. The average molecular weight is 459 g/mol. The van der Waals surface area contributed by atoms with E-state index in [2.05, 4.69) is 23.3 Å². The zero-order chi connectivity index (χ0) is 23.9. The smallest absolute Gasteiger partial charge is 0.203 e. The lowest BCUT2D eigenvalue weighted by molar-refractivity contribution is 0.300. The summed E-state index contributed by atoms with van der Waals surface area (Å²) in [5.41, 5.74) is 4.04. The first-order valence-corrected chi connectivity index (χ1v) is 11.3. The van der Waals surface area contributed by atoms with E-state index >= 15 is 0 Å². The average Bonchev–Trinajstić information content (AvgIpc) is 3.25. The van der Waals surface area contributed by atoms with Gasteiger partial charge >= 0.3 is 0 Å². The molecule has 0 radical (unpaired) electrons. The van der Waals surface area contributed by atoms with Crippen molar-refractivity contribution < 1.29 is 18.9 Å². The molecule has 0 N–H and O–H groups in total. The number of para-hydroxylation sites is 3. The number of nitrogens with zero attached hydrogens (tertiary/aromatic N) is 2. The van der Waals surface area contributed by atoms with Crippen molar-refractivity contribution in [3.63, 3.8) is 0 Å². The minimum atomic E-state index is 0.558. The van der Waals surface area contributed by atoms with Crippen molar-refractivity contribution in [2.45, 2.75) is 19.4 Å². The number of allylic oxidation sites excluding steroid dienone is 1. The van der Waals surface area contributed by atoms with E-state index in [0.29, 0.717) is 23.9 Å². The molecule has 0 saturated heterocycles. The summed E-state index contributed by atoms with van der Waals surface area (Å²) < 4.78 is 24.9. The third-order valence-corrected chi connectivity index (χ3v) is 5.70. The molecule has 0 aliphatic rings. The molecule has 3 aromatic carbocycles. The first kappa shape index (κ1) is 23.2. The van der Waals surface area contributed by atoms with Crippen LogP contribution in [0, 0.1) is 0 Å². The van der Waals surface area contributed by atoms with Crippen molar-refractivity contribution in [1.82, 2.24) is 9.55 Å². The Bertz CT molecular complexity index is 1250. The molecule has 0 fully saturated rings. The van der Waals surface area contributed by atoms with E-state index in [1.54, 1.807) is 21.3 Å². The number of ether oxygens (including phenoxy) is 4. The fraction of sp³-hybridized carbons (Fsp3) is 0.250. The molecule has 1 heterocycles. The van der Waals surface area contributed by atoms with Crippen molar-refractivity contribution in [3.05, 3.63) is 78.9 Å². The minimum Gasteiger partial charge on any atom is -0.493 e. The summed E-state index contributed by atoms with van der Waals surface area (Å²) in [6.45, 7) is 5.18. The van der Waals surface area contributed by atoms with Gasteiger partial charge in [0.1, 0.15) is 11.6 Å². The predicted octanol–water partition coefficient (Wildman–Crippen LogP) is 5.93. The number of methoxy groups -OCH3 is 3. The highest BCUT2D eigenvalue weighted by molar-refractivity contribution is 5.81. The van der Waals surface area contributed by atoms with E-state index in [-0.39, 0.29) is 0 Å². The van der Waals surface area contributed by atoms with Gasteiger partial charge in [-0.1, -0.05) is 36.4 Å². The van der Waals surface area contributed by atoms with Crippen LogP contribution in [-0.4, -0.2) is 37.5 Å². The lowest BCUT2D eigenvalue weighted by atomic mass is 10.1. The van der Waals surface area contributed by atoms with Gasteiger partial charge in [0, 0.05) is 12.1 Å². The molecule has 0 aliphatic heterocycles. The second-order valence-corrected chi connectivity index (χ2v) is 7.79. The number of benzene rings is 3. The third-order valence-electron chi connectivity index (χ3n) is 5.70. The Balaban J connectivity index is 1.62. The Hall–Kier alpha value is -3.93. The Morgan fingerprint density at radius 2 is 1.59 bits per heavy atom. The Morgan fingerprint density at radius 1 is 0.882 bits per heavy atom. The summed E-state index contributed by atoms with van der Waals surface area (Å²) in [6.07, 6.45) is 3.50. The molecule has 0 aliphatic carbocycles. The number of aryl methyl sites for hydroxylation is 1. The molecule has 4 aromatic rings. The maximum atomic E-state index is 6.11. The molecule has 0 spiro atoms. The Labute approximate surface area is 200 Å². The molecule has 6 nitrogen and oxygen atoms in total. The van der Waals surface area contributed by atoms with Gasteiger partial charge in [0.05, 0.1) is 39.0 Å². The largest absolute Gasteiger partial charge is 0.493 e. The standard InChI is InChI=1S/C28H30N2O4/c1-5-11-20-12-6-9-15-24(20)34-17-10-16-30-23-14-8-7-13-22(23)29-28(30)21-18-25(31-2)27(33-4)26(19-21)32-3/h5-9,12-15,18-19H,1,10-11,16-17H2,2-4H3. The molecule has 0 amide bonds. The quantitative estimate of drug-likeness (QED) is 0.206. The van der Waals surface area contributed by atoms with Crippen molar-refractivity contribution in [2.24, 2.45) is 0 Å². The summed E-state index contributed by atoms with van der Waals surface area (Å²) >= 11 is 0. The molecule has 0 unspecified atom stereocenters. The molecule has 176 valence electrons. The van der Waals surface area contributed by atoms with Crippen LogP contribution in [0.5, 0.6) is 23.0 Å². The topological polar surface area (TPSA) is 54.7 Å². The fourth-order valence-corrected chi connectivity index (χ4v) is 4.11. The van der Waals surface area contributed by atoms with Crippen molar-refractivity contribution in [3.8, 4) is 34.4 Å². The highest BCUT2D eigenvalue weighted by Crippen LogP contribution is 2.41. The minimum absolute atomic E-state index is 0.558. The van der Waals surface area contributed by atoms with Gasteiger partial charge in [0.25, 0.3) is 0 Å². The summed E-state index contributed by atoms with van der Waals surface area (Å²) in [7, 11) is 4.83. The van der Waals surface area contributed by atoms with Crippen LogP contribution in [0.2, 0.25) is 0 Å². The van der Waals surface area contributed by atoms with E-state index in [1.165, 1.54) is 0 Å². The number of imidazole rings is 1.